The molecule has 32 heavy (non-hydrogen) atoms. The third-order valence-electron chi connectivity index (χ3n) is 5.17. The molecule has 0 spiro atoms. The second-order valence-electron chi connectivity index (χ2n) is 7.33. The molecule has 0 aliphatic carbocycles. The van der Waals surface area contributed by atoms with Crippen molar-refractivity contribution < 1.29 is 14.5 Å². The minimum absolute atomic E-state index is 0.0448. The largest absolute Gasteiger partial charge is 0.465 e. The summed E-state index contributed by atoms with van der Waals surface area (Å²) in [7, 11) is 1.36. The molecule has 3 aromatic carbocycles. The van der Waals surface area contributed by atoms with Crippen LogP contribution in [0.4, 0.5) is 5.69 Å². The number of carbonyl (C=O) groups excluding carboxylic acids is 1. The summed E-state index contributed by atoms with van der Waals surface area (Å²) in [5.74, 6) is -0.374. The number of carbonyl (C=O) groups is 1. The predicted molar refractivity (Wildman–Crippen MR) is 120 cm³/mol. The van der Waals surface area contributed by atoms with Crippen LogP contribution >= 0.6 is 0 Å². The predicted octanol–water partition coefficient (Wildman–Crippen LogP) is 4.88. The zero-order chi connectivity index (χ0) is 22.5. The molecule has 0 amide bonds. The SMILES string of the molecule is COC(=O)c1ccc(Cn2nc(-c3ccc([N+](=O)[O-])cc3)cc2Cc2ccccc2)cc1. The molecular formula is C25H21N3O4. The molecule has 0 saturated heterocycles. The van der Waals surface area contributed by atoms with Crippen molar-refractivity contribution in [2.24, 2.45) is 0 Å². The number of ether oxygens (including phenoxy) is 1. The fourth-order valence-corrected chi connectivity index (χ4v) is 3.47. The van der Waals surface area contributed by atoms with Gasteiger partial charge in [-0.15, -0.1) is 0 Å². The molecule has 7 nitrogen and oxygen atoms in total. The monoisotopic (exact) mass is 427 g/mol. The van der Waals surface area contributed by atoms with Crippen LogP contribution in [0, 0.1) is 10.1 Å². The first-order valence-corrected chi connectivity index (χ1v) is 10.1. The molecule has 7 heteroatoms. The second kappa shape index (κ2) is 9.26. The smallest absolute Gasteiger partial charge is 0.337 e. The van der Waals surface area contributed by atoms with Gasteiger partial charge in [0, 0.05) is 29.8 Å². The van der Waals surface area contributed by atoms with Gasteiger partial charge in [-0.05, 0) is 41.5 Å². The molecule has 0 unspecified atom stereocenters. The van der Waals surface area contributed by atoms with E-state index < -0.39 is 4.92 Å². The van der Waals surface area contributed by atoms with Crippen molar-refractivity contribution in [2.45, 2.75) is 13.0 Å². The topological polar surface area (TPSA) is 87.3 Å². The molecule has 4 rings (SSSR count). The van der Waals surface area contributed by atoms with Crippen LogP contribution in [0.15, 0.2) is 84.9 Å². The maximum Gasteiger partial charge on any atom is 0.337 e. The van der Waals surface area contributed by atoms with Crippen LogP contribution in [-0.2, 0) is 17.7 Å². The Labute approximate surface area is 185 Å². The molecule has 0 aliphatic rings. The van der Waals surface area contributed by atoms with Gasteiger partial charge in [-0.25, -0.2) is 4.79 Å². The van der Waals surface area contributed by atoms with E-state index in [9.17, 15) is 14.9 Å². The van der Waals surface area contributed by atoms with E-state index in [2.05, 4.69) is 12.1 Å². The summed E-state index contributed by atoms with van der Waals surface area (Å²) in [4.78, 5) is 22.2. The van der Waals surface area contributed by atoms with Gasteiger partial charge in [-0.2, -0.15) is 5.10 Å². The lowest BCUT2D eigenvalue weighted by Crippen LogP contribution is -2.08. The van der Waals surface area contributed by atoms with Crippen molar-refractivity contribution >= 4 is 11.7 Å². The molecule has 0 bridgehead atoms. The van der Waals surface area contributed by atoms with E-state index in [1.807, 2.05) is 41.1 Å². The number of nitro groups is 1. The second-order valence-corrected chi connectivity index (χ2v) is 7.33. The van der Waals surface area contributed by atoms with Crippen LogP contribution < -0.4 is 0 Å². The van der Waals surface area contributed by atoms with E-state index in [1.165, 1.54) is 19.2 Å². The minimum Gasteiger partial charge on any atom is -0.465 e. The molecule has 0 fully saturated rings. The number of esters is 1. The highest BCUT2D eigenvalue weighted by molar-refractivity contribution is 5.89. The summed E-state index contributed by atoms with van der Waals surface area (Å²) >= 11 is 0. The van der Waals surface area contributed by atoms with E-state index in [0.29, 0.717) is 18.5 Å². The lowest BCUT2D eigenvalue weighted by atomic mass is 10.1. The van der Waals surface area contributed by atoms with E-state index in [4.69, 9.17) is 9.84 Å². The Morgan fingerprint density at radius 1 is 0.969 bits per heavy atom. The number of nitro benzene ring substituents is 1. The summed E-state index contributed by atoms with van der Waals surface area (Å²) < 4.78 is 6.68. The number of hydrogen-bond donors (Lipinski definition) is 0. The van der Waals surface area contributed by atoms with E-state index >= 15 is 0 Å². The number of hydrogen-bond acceptors (Lipinski definition) is 5. The van der Waals surface area contributed by atoms with Gasteiger partial charge in [-0.1, -0.05) is 42.5 Å². The Hall–Kier alpha value is -4.26. The minimum atomic E-state index is -0.415. The van der Waals surface area contributed by atoms with Gasteiger partial charge in [0.2, 0.25) is 0 Å². The van der Waals surface area contributed by atoms with Crippen LogP contribution in [0.1, 0.15) is 27.2 Å². The Kier molecular flexibility index (Phi) is 6.07. The molecule has 1 aromatic heterocycles. The molecule has 0 atom stereocenters. The number of non-ortho nitro benzene ring substituents is 1. The number of aromatic nitrogens is 2. The Morgan fingerprint density at radius 2 is 1.66 bits per heavy atom. The molecule has 160 valence electrons. The van der Waals surface area contributed by atoms with E-state index in [1.54, 1.807) is 24.3 Å². The van der Waals surface area contributed by atoms with Crippen LogP contribution in [0.2, 0.25) is 0 Å². The Balaban J connectivity index is 1.66. The van der Waals surface area contributed by atoms with Crippen molar-refractivity contribution in [1.29, 1.82) is 0 Å². The molecule has 1 heterocycles. The van der Waals surface area contributed by atoms with E-state index in [0.717, 1.165) is 28.1 Å². The molecule has 0 N–H and O–H groups in total. The lowest BCUT2D eigenvalue weighted by Gasteiger charge is -2.08. The maximum atomic E-state index is 11.7. The van der Waals surface area contributed by atoms with Gasteiger partial charge in [0.1, 0.15) is 0 Å². The lowest BCUT2D eigenvalue weighted by molar-refractivity contribution is -0.384. The summed E-state index contributed by atoms with van der Waals surface area (Å²) in [5, 5.41) is 15.7. The highest BCUT2D eigenvalue weighted by atomic mass is 16.6. The third kappa shape index (κ3) is 4.73. The van der Waals surface area contributed by atoms with Crippen molar-refractivity contribution in [1.82, 2.24) is 9.78 Å². The van der Waals surface area contributed by atoms with Crippen molar-refractivity contribution in [3.63, 3.8) is 0 Å². The zero-order valence-electron chi connectivity index (χ0n) is 17.5. The van der Waals surface area contributed by atoms with Crippen molar-refractivity contribution in [2.75, 3.05) is 7.11 Å². The molecule has 0 aliphatic heterocycles. The first-order valence-electron chi connectivity index (χ1n) is 10.1. The Morgan fingerprint density at radius 3 is 2.28 bits per heavy atom. The summed E-state index contributed by atoms with van der Waals surface area (Å²) in [6.45, 7) is 0.524. The van der Waals surface area contributed by atoms with Gasteiger partial charge in [0.15, 0.2) is 0 Å². The van der Waals surface area contributed by atoms with E-state index in [-0.39, 0.29) is 11.7 Å². The first kappa shape index (κ1) is 21.0. The average Bonchev–Trinajstić information content (AvgIpc) is 3.21. The van der Waals surface area contributed by atoms with Gasteiger partial charge in [0.05, 0.1) is 29.8 Å². The van der Waals surface area contributed by atoms with Crippen LogP contribution in [0.3, 0.4) is 0 Å². The quantitative estimate of drug-likeness (QED) is 0.238. The maximum absolute atomic E-state index is 11.7. The van der Waals surface area contributed by atoms with Gasteiger partial charge < -0.3 is 4.74 Å². The average molecular weight is 427 g/mol. The highest BCUT2D eigenvalue weighted by Crippen LogP contribution is 2.24. The van der Waals surface area contributed by atoms with Crippen molar-refractivity contribution in [3.05, 3.63) is 117 Å². The number of nitrogens with zero attached hydrogens (tertiary/aromatic N) is 3. The van der Waals surface area contributed by atoms with Gasteiger partial charge >= 0.3 is 5.97 Å². The normalized spacial score (nSPS) is 10.7. The highest BCUT2D eigenvalue weighted by Gasteiger charge is 2.13. The summed E-state index contributed by atoms with van der Waals surface area (Å²) in [5.41, 5.74) is 5.26. The molecule has 4 aromatic rings. The van der Waals surface area contributed by atoms with Crippen LogP contribution in [0.5, 0.6) is 0 Å². The van der Waals surface area contributed by atoms with Crippen LogP contribution in [-0.4, -0.2) is 27.8 Å². The fraction of sp³-hybridized carbons (Fsp3) is 0.120. The Bertz CT molecular complexity index is 1230. The fourth-order valence-electron chi connectivity index (χ4n) is 3.47. The van der Waals surface area contributed by atoms with Gasteiger partial charge in [0.25, 0.3) is 5.69 Å². The standard InChI is InChI=1S/C25H21N3O4/c1-32-25(29)21-9-7-19(8-10-21)17-27-23(15-18-5-3-2-4-6-18)16-24(26-27)20-11-13-22(14-12-20)28(30)31/h2-14,16H,15,17H2,1H3. The number of benzene rings is 3. The molecule has 0 radical (unpaired) electrons. The summed E-state index contributed by atoms with van der Waals surface area (Å²) in [6.07, 6.45) is 0.696. The molecule has 0 saturated carbocycles. The summed E-state index contributed by atoms with van der Waals surface area (Å²) in [6, 6.07) is 25.7. The number of methoxy groups -OCH3 is 1. The number of rotatable bonds is 7. The molecular weight excluding hydrogens is 406 g/mol. The first-order chi connectivity index (χ1) is 15.5. The third-order valence-corrected chi connectivity index (χ3v) is 5.17. The van der Waals surface area contributed by atoms with Crippen LogP contribution in [0.25, 0.3) is 11.3 Å². The zero-order valence-corrected chi connectivity index (χ0v) is 17.5. The van der Waals surface area contributed by atoms with Crippen molar-refractivity contribution in [3.8, 4) is 11.3 Å². The van der Waals surface area contributed by atoms with Gasteiger partial charge in [-0.3, -0.25) is 14.8 Å².